The number of benzene rings is 1. The van der Waals surface area contributed by atoms with Gasteiger partial charge in [0, 0.05) is 0 Å². The number of nitrogens with one attached hydrogen (secondary N) is 1. The molecule has 1 aromatic carbocycles. The first-order valence-electron chi connectivity index (χ1n) is 8.81. The summed E-state index contributed by atoms with van der Waals surface area (Å²) in [5, 5.41) is 2.79. The van der Waals surface area contributed by atoms with Crippen LogP contribution in [0.15, 0.2) is 24.3 Å². The molecule has 0 radical (unpaired) electrons. The average Bonchev–Trinajstić information content (AvgIpc) is 2.80. The van der Waals surface area contributed by atoms with E-state index in [2.05, 4.69) is 5.32 Å². The van der Waals surface area contributed by atoms with E-state index in [-0.39, 0.29) is 30.5 Å². The highest BCUT2D eigenvalue weighted by Crippen LogP contribution is 2.24. The van der Waals surface area contributed by atoms with Gasteiger partial charge < -0.3 is 14.8 Å². The lowest BCUT2D eigenvalue weighted by Gasteiger charge is -2.32. The molecule has 1 fully saturated rings. The summed E-state index contributed by atoms with van der Waals surface area (Å²) >= 11 is 0. The fourth-order valence-corrected chi connectivity index (χ4v) is 3.15. The fraction of sp³-hybridized carbons (Fsp3) is 0.526. The first kappa shape index (κ1) is 18.4. The molecule has 2 aliphatic rings. The van der Waals surface area contributed by atoms with Crippen molar-refractivity contribution < 1.29 is 23.9 Å². The predicted molar refractivity (Wildman–Crippen MR) is 93.9 cm³/mol. The third-order valence-electron chi connectivity index (χ3n) is 4.36. The minimum absolute atomic E-state index is 0.136. The van der Waals surface area contributed by atoms with Gasteiger partial charge >= 0.3 is 6.09 Å². The van der Waals surface area contributed by atoms with Gasteiger partial charge in [-0.3, -0.25) is 14.5 Å². The van der Waals surface area contributed by atoms with Gasteiger partial charge in [-0.25, -0.2) is 4.79 Å². The zero-order valence-electron chi connectivity index (χ0n) is 15.3. The van der Waals surface area contributed by atoms with Gasteiger partial charge in [0.25, 0.3) is 11.8 Å². The third-order valence-corrected chi connectivity index (χ3v) is 4.36. The van der Waals surface area contributed by atoms with E-state index in [1.54, 1.807) is 24.3 Å². The molecule has 1 N–H and O–H groups in total. The van der Waals surface area contributed by atoms with Crippen LogP contribution in [0, 0.1) is 0 Å². The van der Waals surface area contributed by atoms with Crippen molar-refractivity contribution in [3.05, 3.63) is 35.4 Å². The zero-order valence-corrected chi connectivity index (χ0v) is 15.3. The van der Waals surface area contributed by atoms with Gasteiger partial charge in [0.1, 0.15) is 5.60 Å². The van der Waals surface area contributed by atoms with Crippen LogP contribution < -0.4 is 5.32 Å². The van der Waals surface area contributed by atoms with E-state index in [0.29, 0.717) is 30.6 Å². The lowest BCUT2D eigenvalue weighted by molar-refractivity contribution is -0.0186. The van der Waals surface area contributed by atoms with Crippen LogP contribution in [0.3, 0.4) is 0 Å². The molecule has 7 heteroatoms. The Balaban J connectivity index is 1.50. The third kappa shape index (κ3) is 4.04. The Morgan fingerprint density at radius 2 is 1.81 bits per heavy atom. The molecule has 140 valence electrons. The van der Waals surface area contributed by atoms with E-state index in [9.17, 15) is 14.4 Å². The number of amides is 3. The van der Waals surface area contributed by atoms with Crippen LogP contribution in [0.25, 0.3) is 0 Å². The van der Waals surface area contributed by atoms with Crippen molar-refractivity contribution in [2.75, 3.05) is 13.2 Å². The number of fused-ring (bicyclic) bond motifs is 1. The number of alkyl carbamates (subject to hydrolysis) is 1. The first-order valence-corrected chi connectivity index (χ1v) is 8.81. The summed E-state index contributed by atoms with van der Waals surface area (Å²) in [5.41, 5.74) is 0.337. The van der Waals surface area contributed by atoms with Crippen molar-refractivity contribution >= 4 is 17.9 Å². The molecule has 26 heavy (non-hydrogen) atoms. The van der Waals surface area contributed by atoms with E-state index < -0.39 is 11.7 Å². The van der Waals surface area contributed by atoms with Gasteiger partial charge in [0.05, 0.1) is 36.4 Å². The first-order chi connectivity index (χ1) is 12.2. The van der Waals surface area contributed by atoms with Crippen LogP contribution in [-0.4, -0.2) is 53.7 Å². The topological polar surface area (TPSA) is 84.9 Å². The summed E-state index contributed by atoms with van der Waals surface area (Å²) in [7, 11) is 0. The number of nitrogens with zero attached hydrogens (tertiary/aromatic N) is 1. The Bertz CT molecular complexity index is 682. The SMILES string of the molecule is CC(C)(C)OC(=O)N[C@@H]1CC[C@@H](CN2C(=O)c3ccccc3C2=O)OC1. The second-order valence-electron chi connectivity index (χ2n) is 7.64. The quantitative estimate of drug-likeness (QED) is 0.837. The molecule has 2 aliphatic heterocycles. The molecule has 1 aromatic rings. The molecule has 3 amide bonds. The lowest BCUT2D eigenvalue weighted by Crippen LogP contribution is -2.47. The van der Waals surface area contributed by atoms with Crippen molar-refractivity contribution in [3.63, 3.8) is 0 Å². The van der Waals surface area contributed by atoms with Gasteiger partial charge in [-0.2, -0.15) is 0 Å². The van der Waals surface area contributed by atoms with Crippen LogP contribution in [0.1, 0.15) is 54.3 Å². The average molecular weight is 360 g/mol. The second-order valence-corrected chi connectivity index (χ2v) is 7.64. The molecule has 2 heterocycles. The smallest absolute Gasteiger partial charge is 0.407 e. The molecular weight excluding hydrogens is 336 g/mol. The summed E-state index contributed by atoms with van der Waals surface area (Å²) in [4.78, 5) is 37.9. The van der Waals surface area contributed by atoms with Gasteiger partial charge in [0.2, 0.25) is 0 Å². The second kappa shape index (κ2) is 7.07. The minimum atomic E-state index is -0.548. The number of rotatable bonds is 3. The van der Waals surface area contributed by atoms with E-state index >= 15 is 0 Å². The minimum Gasteiger partial charge on any atom is -0.444 e. The number of imide groups is 1. The molecular formula is C19H24N2O5. The van der Waals surface area contributed by atoms with Crippen LogP contribution in [-0.2, 0) is 9.47 Å². The Morgan fingerprint density at radius 3 is 2.31 bits per heavy atom. The van der Waals surface area contributed by atoms with Crippen LogP contribution in [0.2, 0.25) is 0 Å². The van der Waals surface area contributed by atoms with Gasteiger partial charge in [-0.05, 0) is 45.7 Å². The summed E-state index contributed by atoms with van der Waals surface area (Å²) in [6, 6.07) is 6.69. The maximum Gasteiger partial charge on any atom is 0.407 e. The highest BCUT2D eigenvalue weighted by atomic mass is 16.6. The highest BCUT2D eigenvalue weighted by Gasteiger charge is 2.37. The molecule has 0 spiro atoms. The Kier molecular flexibility index (Phi) is 5.00. The molecule has 3 rings (SSSR count). The van der Waals surface area contributed by atoms with Crippen molar-refractivity contribution in [1.82, 2.24) is 10.2 Å². The van der Waals surface area contributed by atoms with Crippen molar-refractivity contribution in [1.29, 1.82) is 0 Å². The lowest BCUT2D eigenvalue weighted by atomic mass is 10.0. The van der Waals surface area contributed by atoms with Crippen LogP contribution in [0.4, 0.5) is 4.79 Å². The fourth-order valence-electron chi connectivity index (χ4n) is 3.15. The number of ether oxygens (including phenoxy) is 2. The van der Waals surface area contributed by atoms with Gasteiger partial charge in [0.15, 0.2) is 0 Å². The maximum absolute atomic E-state index is 12.4. The molecule has 7 nitrogen and oxygen atoms in total. The van der Waals surface area contributed by atoms with Gasteiger partial charge in [-0.1, -0.05) is 12.1 Å². The molecule has 1 saturated heterocycles. The largest absolute Gasteiger partial charge is 0.444 e. The number of carbonyl (C=O) groups excluding carboxylic acids is 3. The normalized spacial score (nSPS) is 23.0. The van der Waals surface area contributed by atoms with E-state index in [4.69, 9.17) is 9.47 Å². The van der Waals surface area contributed by atoms with E-state index in [0.717, 1.165) is 0 Å². The summed E-state index contributed by atoms with van der Waals surface area (Å²) < 4.78 is 11.0. The standard InChI is InChI=1S/C19H24N2O5/c1-19(2,3)26-18(24)20-12-8-9-13(25-11-12)10-21-16(22)14-6-4-5-7-15(14)17(21)23/h4-7,12-13H,8-11H2,1-3H3,(H,20,24)/t12-,13+/m1/s1. The van der Waals surface area contributed by atoms with Crippen molar-refractivity contribution in [3.8, 4) is 0 Å². The van der Waals surface area contributed by atoms with Crippen LogP contribution in [0.5, 0.6) is 0 Å². The van der Waals surface area contributed by atoms with Crippen LogP contribution >= 0.6 is 0 Å². The predicted octanol–water partition coefficient (Wildman–Crippen LogP) is 2.35. The maximum atomic E-state index is 12.4. The van der Waals surface area contributed by atoms with Crippen molar-refractivity contribution in [2.45, 2.75) is 51.4 Å². The zero-order chi connectivity index (χ0) is 18.9. The van der Waals surface area contributed by atoms with E-state index in [1.807, 2.05) is 20.8 Å². The Morgan fingerprint density at radius 1 is 1.19 bits per heavy atom. The highest BCUT2D eigenvalue weighted by molar-refractivity contribution is 6.21. The van der Waals surface area contributed by atoms with E-state index in [1.165, 1.54) is 4.90 Å². The molecule has 0 saturated carbocycles. The number of hydrogen-bond acceptors (Lipinski definition) is 5. The monoisotopic (exact) mass is 360 g/mol. The molecule has 0 bridgehead atoms. The Hall–Kier alpha value is -2.41. The summed E-state index contributed by atoms with van der Waals surface area (Å²) in [6.45, 7) is 5.98. The molecule has 0 aromatic heterocycles. The molecule has 0 aliphatic carbocycles. The van der Waals surface area contributed by atoms with Crippen molar-refractivity contribution in [2.24, 2.45) is 0 Å². The molecule has 0 unspecified atom stereocenters. The summed E-state index contributed by atoms with van der Waals surface area (Å²) in [5.74, 6) is -0.550. The number of hydrogen-bond donors (Lipinski definition) is 1. The number of carbonyl (C=O) groups is 3. The summed E-state index contributed by atoms with van der Waals surface area (Å²) in [6.07, 6.45) is 0.653. The van der Waals surface area contributed by atoms with Gasteiger partial charge in [-0.15, -0.1) is 0 Å². The Labute approximate surface area is 152 Å². The molecule has 2 atom stereocenters.